The number of hydrogen-bond donors (Lipinski definition) is 0. The maximum atomic E-state index is 13.0. The van der Waals surface area contributed by atoms with Gasteiger partial charge in [-0.1, -0.05) is 54.3 Å². The highest BCUT2D eigenvalue weighted by Gasteiger charge is 2.33. The van der Waals surface area contributed by atoms with Crippen LogP contribution in [0.4, 0.5) is 11.4 Å². The number of thiocarbonyl (C=S) groups is 1. The van der Waals surface area contributed by atoms with Gasteiger partial charge in [-0.2, -0.15) is 0 Å². The second-order valence-electron chi connectivity index (χ2n) is 6.88. The summed E-state index contributed by atoms with van der Waals surface area (Å²) < 4.78 is 8.21. The Morgan fingerprint density at radius 2 is 1.76 bits per heavy atom. The molecule has 4 rings (SSSR count). The number of thioether (sulfide) groups is 1. The fourth-order valence-electron chi connectivity index (χ4n) is 3.13. The van der Waals surface area contributed by atoms with Gasteiger partial charge in [0.25, 0.3) is 11.6 Å². The van der Waals surface area contributed by atoms with E-state index in [1.54, 1.807) is 12.1 Å². The zero-order valence-corrected chi connectivity index (χ0v) is 22.7. The number of amides is 1. The van der Waals surface area contributed by atoms with Crippen molar-refractivity contribution in [2.45, 2.75) is 6.61 Å². The second-order valence-corrected chi connectivity index (χ2v) is 10.9. The Labute approximate surface area is 226 Å². The lowest BCUT2D eigenvalue weighted by Gasteiger charge is -2.14. The first-order chi connectivity index (χ1) is 15.8. The molecule has 1 aliphatic heterocycles. The van der Waals surface area contributed by atoms with Gasteiger partial charge in [0.2, 0.25) is 0 Å². The Hall–Kier alpha value is -2.03. The van der Waals surface area contributed by atoms with Crippen LogP contribution in [0.25, 0.3) is 6.08 Å². The number of rotatable bonds is 6. The number of nitrogens with zero attached hydrogens (tertiary/aromatic N) is 2. The summed E-state index contributed by atoms with van der Waals surface area (Å²) in [6.45, 7) is 0.211. The number of nitro benzene ring substituents is 1. The molecule has 0 unspecified atom stereocenters. The summed E-state index contributed by atoms with van der Waals surface area (Å²) in [6, 6.07) is 19.6. The Kier molecular flexibility index (Phi) is 7.66. The average Bonchev–Trinajstić information content (AvgIpc) is 3.06. The highest BCUT2D eigenvalue weighted by atomic mass is 127. The number of hydrogen-bond acceptors (Lipinski definition) is 6. The Morgan fingerprint density at radius 3 is 2.42 bits per heavy atom. The Morgan fingerprint density at radius 1 is 1.06 bits per heavy atom. The van der Waals surface area contributed by atoms with Gasteiger partial charge < -0.3 is 4.74 Å². The molecule has 1 heterocycles. The zero-order chi connectivity index (χ0) is 23.5. The van der Waals surface area contributed by atoms with Crippen molar-refractivity contribution in [3.05, 3.63) is 100 Å². The molecule has 0 aromatic heterocycles. The van der Waals surface area contributed by atoms with E-state index in [0.29, 0.717) is 20.5 Å². The van der Waals surface area contributed by atoms with Crippen LogP contribution in [0.15, 0.2) is 71.6 Å². The van der Waals surface area contributed by atoms with Gasteiger partial charge in [0.1, 0.15) is 12.4 Å². The fourth-order valence-corrected chi connectivity index (χ4v) is 6.56. The van der Waals surface area contributed by atoms with E-state index in [4.69, 9.17) is 17.0 Å². The molecule has 6 nitrogen and oxygen atoms in total. The standard InChI is InChI=1S/C23H14I2N2O4S2/c24-18-10-15(12-20-22(28)26(23(32)33-20)16-6-2-1-3-7-16)11-19(25)21(18)31-13-14-5-4-8-17(9-14)27(29)30/h1-12H,13H2/b20-12+. The van der Waals surface area contributed by atoms with Crippen LogP contribution in [0, 0.1) is 17.3 Å². The number of halogens is 2. The fraction of sp³-hybridized carbons (Fsp3) is 0.0435. The average molecular weight is 700 g/mol. The number of ether oxygens (including phenoxy) is 1. The summed E-state index contributed by atoms with van der Waals surface area (Å²) in [4.78, 5) is 25.6. The Bertz CT molecular complexity index is 1280. The first-order valence-corrected chi connectivity index (χ1v) is 12.9. The van der Waals surface area contributed by atoms with Gasteiger partial charge in [0.05, 0.1) is 22.7 Å². The molecule has 0 bridgehead atoms. The maximum Gasteiger partial charge on any atom is 0.270 e. The molecular weight excluding hydrogens is 686 g/mol. The quantitative estimate of drug-likeness (QED) is 0.0928. The molecule has 1 saturated heterocycles. The van der Waals surface area contributed by atoms with Crippen molar-refractivity contribution < 1.29 is 14.5 Å². The number of non-ortho nitro benzene ring substituents is 1. The molecule has 1 amide bonds. The van der Waals surface area contributed by atoms with Crippen molar-refractivity contribution in [3.8, 4) is 5.75 Å². The minimum absolute atomic E-state index is 0.0312. The third-order valence-electron chi connectivity index (χ3n) is 4.63. The van der Waals surface area contributed by atoms with Crippen molar-refractivity contribution in [1.82, 2.24) is 0 Å². The topological polar surface area (TPSA) is 72.7 Å². The molecule has 0 N–H and O–H groups in total. The zero-order valence-electron chi connectivity index (χ0n) is 16.7. The normalized spacial score (nSPS) is 14.7. The van der Waals surface area contributed by atoms with Crippen LogP contribution in [0.2, 0.25) is 0 Å². The van der Waals surface area contributed by atoms with E-state index < -0.39 is 4.92 Å². The summed E-state index contributed by atoms with van der Waals surface area (Å²) in [5.74, 6) is 0.545. The number of carbonyl (C=O) groups excluding carboxylic acids is 1. The molecule has 0 saturated carbocycles. The molecular formula is C23H14I2N2O4S2. The molecule has 33 heavy (non-hydrogen) atoms. The molecule has 1 fully saturated rings. The molecule has 0 spiro atoms. The number of para-hydroxylation sites is 1. The van der Waals surface area contributed by atoms with Crippen molar-refractivity contribution in [1.29, 1.82) is 0 Å². The van der Waals surface area contributed by atoms with E-state index in [0.717, 1.165) is 18.4 Å². The SMILES string of the molecule is O=C1/C(=C\c2cc(I)c(OCc3cccc([N+](=O)[O-])c3)c(I)c2)SC(=S)N1c1ccccc1. The second kappa shape index (κ2) is 10.5. The third-order valence-corrected chi connectivity index (χ3v) is 7.54. The van der Waals surface area contributed by atoms with Crippen LogP contribution in [-0.4, -0.2) is 15.2 Å². The van der Waals surface area contributed by atoms with Crippen molar-refractivity contribution >= 4 is 96.8 Å². The summed E-state index contributed by atoms with van der Waals surface area (Å²) in [5, 5.41) is 11.0. The summed E-state index contributed by atoms with van der Waals surface area (Å²) in [6.07, 6.45) is 1.83. The highest BCUT2D eigenvalue weighted by molar-refractivity contribution is 14.1. The maximum absolute atomic E-state index is 13.0. The lowest BCUT2D eigenvalue weighted by molar-refractivity contribution is -0.384. The molecule has 0 radical (unpaired) electrons. The number of anilines is 1. The lowest BCUT2D eigenvalue weighted by Crippen LogP contribution is -2.27. The van der Waals surface area contributed by atoms with Crippen molar-refractivity contribution in [3.63, 3.8) is 0 Å². The van der Waals surface area contributed by atoms with E-state index in [9.17, 15) is 14.9 Å². The Balaban J connectivity index is 1.53. The number of carbonyl (C=O) groups is 1. The predicted molar refractivity (Wildman–Crippen MR) is 151 cm³/mol. The molecule has 3 aromatic carbocycles. The molecule has 1 aliphatic rings. The van der Waals surface area contributed by atoms with Crippen molar-refractivity contribution in [2.75, 3.05) is 4.90 Å². The first kappa shape index (κ1) is 24.1. The van der Waals surface area contributed by atoms with E-state index in [2.05, 4.69) is 45.2 Å². The van der Waals surface area contributed by atoms with Gasteiger partial charge in [-0.15, -0.1) is 0 Å². The van der Waals surface area contributed by atoms with Gasteiger partial charge in [-0.05, 0) is 86.7 Å². The first-order valence-electron chi connectivity index (χ1n) is 9.51. The molecule has 3 aromatic rings. The summed E-state index contributed by atoms with van der Waals surface area (Å²) in [5.41, 5.74) is 2.35. The molecule has 0 aliphatic carbocycles. The minimum Gasteiger partial charge on any atom is -0.487 e. The molecule has 166 valence electrons. The lowest BCUT2D eigenvalue weighted by atomic mass is 10.2. The van der Waals surface area contributed by atoms with Gasteiger partial charge >= 0.3 is 0 Å². The predicted octanol–water partition coefficient (Wildman–Crippen LogP) is 6.79. The smallest absolute Gasteiger partial charge is 0.270 e. The van der Waals surface area contributed by atoms with Crippen molar-refractivity contribution in [2.24, 2.45) is 0 Å². The van der Waals surface area contributed by atoms with Crippen LogP contribution < -0.4 is 9.64 Å². The monoisotopic (exact) mass is 700 g/mol. The van der Waals surface area contributed by atoms with E-state index in [1.165, 1.54) is 28.8 Å². The minimum atomic E-state index is -0.424. The van der Waals surface area contributed by atoms with Gasteiger partial charge in [-0.25, -0.2) is 0 Å². The van der Waals surface area contributed by atoms with Crippen LogP contribution in [0.1, 0.15) is 11.1 Å². The van der Waals surface area contributed by atoms with Gasteiger partial charge in [0, 0.05) is 12.1 Å². The summed E-state index contributed by atoms with van der Waals surface area (Å²) >= 11 is 11.1. The number of benzene rings is 3. The van der Waals surface area contributed by atoms with Crippen LogP contribution in [0.3, 0.4) is 0 Å². The largest absolute Gasteiger partial charge is 0.487 e. The van der Waals surface area contributed by atoms with E-state index in [-0.39, 0.29) is 18.2 Å². The van der Waals surface area contributed by atoms with E-state index in [1.807, 2.05) is 48.5 Å². The van der Waals surface area contributed by atoms with Crippen LogP contribution in [0.5, 0.6) is 5.75 Å². The van der Waals surface area contributed by atoms with E-state index >= 15 is 0 Å². The van der Waals surface area contributed by atoms with Crippen LogP contribution in [-0.2, 0) is 11.4 Å². The van der Waals surface area contributed by atoms with Gasteiger partial charge in [0.15, 0.2) is 4.32 Å². The summed E-state index contributed by atoms with van der Waals surface area (Å²) in [7, 11) is 0. The molecule has 10 heteroatoms. The third kappa shape index (κ3) is 5.55. The highest BCUT2D eigenvalue weighted by Crippen LogP contribution is 2.37. The van der Waals surface area contributed by atoms with Gasteiger partial charge in [-0.3, -0.25) is 19.8 Å². The van der Waals surface area contributed by atoms with Crippen LogP contribution >= 0.6 is 69.2 Å². The number of nitro groups is 1. The molecule has 0 atom stereocenters.